The first kappa shape index (κ1) is 25.6. The predicted octanol–water partition coefficient (Wildman–Crippen LogP) is 4.08. The number of H-pyrrole nitrogens is 1. The average Bonchev–Trinajstić information content (AvgIpc) is 2.78. The number of nitrogens with one attached hydrogen (secondary N) is 2. The van der Waals surface area contributed by atoms with E-state index < -0.39 is 11.7 Å². The van der Waals surface area contributed by atoms with Gasteiger partial charge in [-0.2, -0.15) is 0 Å². The number of pyridine rings is 1. The van der Waals surface area contributed by atoms with Gasteiger partial charge in [-0.3, -0.25) is 14.6 Å². The molecule has 35 heavy (non-hydrogen) atoms. The van der Waals surface area contributed by atoms with Crippen LogP contribution in [0.4, 0.5) is 10.5 Å². The Balaban J connectivity index is 1.59. The Morgan fingerprint density at radius 1 is 1.14 bits per heavy atom. The lowest BCUT2D eigenvalue weighted by atomic mass is 10.1. The molecule has 0 bridgehead atoms. The van der Waals surface area contributed by atoms with Gasteiger partial charge in [0.25, 0.3) is 5.56 Å². The smallest absolute Gasteiger partial charge is 0.410 e. The predicted molar refractivity (Wildman–Crippen MR) is 134 cm³/mol. The minimum absolute atomic E-state index is 0.127. The first-order chi connectivity index (χ1) is 16.5. The van der Waals surface area contributed by atoms with Gasteiger partial charge in [0.15, 0.2) is 0 Å². The lowest BCUT2D eigenvalue weighted by molar-refractivity contribution is -0.116. The summed E-state index contributed by atoms with van der Waals surface area (Å²) in [6, 6.07) is 10.8. The molecule has 2 aromatic heterocycles. The Bertz CT molecular complexity index is 1250. The van der Waals surface area contributed by atoms with Gasteiger partial charge in [-0.25, -0.2) is 9.78 Å². The topological polar surface area (TPSA) is 117 Å². The highest BCUT2D eigenvalue weighted by Gasteiger charge is 2.19. The highest BCUT2D eigenvalue weighted by molar-refractivity contribution is 5.90. The fourth-order valence-electron chi connectivity index (χ4n) is 3.44. The first-order valence-corrected chi connectivity index (χ1v) is 11.3. The normalized spacial score (nSPS) is 11.1. The first-order valence-electron chi connectivity index (χ1n) is 11.3. The van der Waals surface area contributed by atoms with Crippen LogP contribution in [-0.2, 0) is 22.5 Å². The zero-order valence-electron chi connectivity index (χ0n) is 20.7. The molecule has 0 aliphatic rings. The van der Waals surface area contributed by atoms with Crippen LogP contribution in [0, 0.1) is 6.92 Å². The lowest BCUT2D eigenvalue weighted by Crippen LogP contribution is -2.33. The summed E-state index contributed by atoms with van der Waals surface area (Å²) in [5.41, 5.74) is 2.45. The number of anilines is 1. The third kappa shape index (κ3) is 7.49. The molecule has 0 unspecified atom stereocenters. The Morgan fingerprint density at radius 2 is 1.86 bits per heavy atom. The molecule has 0 saturated carbocycles. The van der Waals surface area contributed by atoms with Crippen molar-refractivity contribution in [3.63, 3.8) is 0 Å². The van der Waals surface area contributed by atoms with E-state index >= 15 is 0 Å². The molecule has 0 radical (unpaired) electrons. The van der Waals surface area contributed by atoms with Crippen LogP contribution in [0.15, 0.2) is 53.6 Å². The average molecular weight is 478 g/mol. The molecular formula is C26H31N5O4. The maximum absolute atomic E-state index is 12.6. The largest absolute Gasteiger partial charge is 0.444 e. The Hall–Kier alpha value is -4.01. The minimum atomic E-state index is -0.573. The molecule has 184 valence electrons. The third-order valence-electron chi connectivity index (χ3n) is 5.11. The second kappa shape index (κ2) is 10.9. The summed E-state index contributed by atoms with van der Waals surface area (Å²) < 4.78 is 5.37. The minimum Gasteiger partial charge on any atom is -0.444 e. The molecule has 0 atom stereocenters. The van der Waals surface area contributed by atoms with Crippen LogP contribution in [0.1, 0.15) is 44.0 Å². The van der Waals surface area contributed by atoms with Gasteiger partial charge in [-0.1, -0.05) is 12.1 Å². The van der Waals surface area contributed by atoms with Crippen LogP contribution in [0.2, 0.25) is 0 Å². The summed E-state index contributed by atoms with van der Waals surface area (Å²) in [6.07, 6.45) is 3.23. The van der Waals surface area contributed by atoms with Crippen molar-refractivity contribution in [3.05, 3.63) is 76.0 Å². The van der Waals surface area contributed by atoms with Crippen molar-refractivity contribution in [1.29, 1.82) is 0 Å². The number of hydrogen-bond donors (Lipinski definition) is 2. The van der Waals surface area contributed by atoms with Crippen molar-refractivity contribution in [2.45, 2.75) is 52.7 Å². The summed E-state index contributed by atoms with van der Waals surface area (Å²) >= 11 is 0. The van der Waals surface area contributed by atoms with Crippen molar-refractivity contribution in [3.8, 4) is 11.4 Å². The van der Waals surface area contributed by atoms with Crippen molar-refractivity contribution >= 4 is 17.7 Å². The Labute approximate surface area is 204 Å². The number of carbonyl (C=O) groups excluding carboxylic acids is 2. The third-order valence-corrected chi connectivity index (χ3v) is 5.11. The van der Waals surface area contributed by atoms with Gasteiger partial charge in [0.2, 0.25) is 5.91 Å². The number of aromatic nitrogens is 3. The van der Waals surface area contributed by atoms with Gasteiger partial charge in [0.1, 0.15) is 11.4 Å². The second-order valence-corrected chi connectivity index (χ2v) is 9.30. The highest BCUT2D eigenvalue weighted by Crippen LogP contribution is 2.16. The van der Waals surface area contributed by atoms with Crippen LogP contribution in [-0.4, -0.2) is 44.5 Å². The number of carbonyl (C=O) groups is 2. The summed E-state index contributed by atoms with van der Waals surface area (Å²) in [5, 5.41) is 2.86. The molecular weight excluding hydrogens is 446 g/mol. The van der Waals surface area contributed by atoms with E-state index in [4.69, 9.17) is 4.74 Å². The van der Waals surface area contributed by atoms with Crippen LogP contribution in [0.25, 0.3) is 11.4 Å². The molecule has 3 aromatic rings. The van der Waals surface area contributed by atoms with Crippen molar-refractivity contribution in [2.24, 2.45) is 0 Å². The number of benzene rings is 1. The van der Waals surface area contributed by atoms with E-state index in [1.165, 1.54) is 4.90 Å². The molecule has 0 fully saturated rings. The van der Waals surface area contributed by atoms with Gasteiger partial charge >= 0.3 is 6.09 Å². The molecule has 0 spiro atoms. The molecule has 2 amide bonds. The molecule has 1 aromatic carbocycles. The summed E-state index contributed by atoms with van der Waals surface area (Å²) in [4.78, 5) is 50.1. The number of ether oxygens (including phenoxy) is 1. The zero-order chi connectivity index (χ0) is 25.6. The van der Waals surface area contributed by atoms with E-state index in [-0.39, 0.29) is 24.3 Å². The van der Waals surface area contributed by atoms with Crippen LogP contribution in [0.3, 0.4) is 0 Å². The van der Waals surface area contributed by atoms with Crippen molar-refractivity contribution < 1.29 is 14.3 Å². The molecule has 0 aliphatic carbocycles. The molecule has 0 aliphatic heterocycles. The quantitative estimate of drug-likeness (QED) is 0.530. The van der Waals surface area contributed by atoms with E-state index in [9.17, 15) is 14.4 Å². The Morgan fingerprint density at radius 3 is 2.51 bits per heavy atom. The van der Waals surface area contributed by atoms with Gasteiger partial charge in [0, 0.05) is 54.9 Å². The van der Waals surface area contributed by atoms with Crippen molar-refractivity contribution in [2.75, 3.05) is 12.4 Å². The molecule has 9 nitrogen and oxygen atoms in total. The number of nitrogens with zero attached hydrogens (tertiary/aromatic N) is 3. The van der Waals surface area contributed by atoms with Gasteiger partial charge in [-0.05, 0) is 63.9 Å². The monoisotopic (exact) mass is 477 g/mol. The van der Waals surface area contributed by atoms with E-state index in [0.717, 1.165) is 11.1 Å². The van der Waals surface area contributed by atoms with E-state index in [2.05, 4.69) is 20.3 Å². The second-order valence-electron chi connectivity index (χ2n) is 9.30. The number of rotatable bonds is 7. The summed E-state index contributed by atoms with van der Waals surface area (Å²) in [6.45, 7) is 7.54. The zero-order valence-corrected chi connectivity index (χ0v) is 20.7. The molecule has 0 saturated heterocycles. The number of hydrogen-bond acceptors (Lipinski definition) is 6. The summed E-state index contributed by atoms with van der Waals surface area (Å²) in [5.74, 6) is 0.246. The van der Waals surface area contributed by atoms with Crippen LogP contribution < -0.4 is 10.9 Å². The fourth-order valence-corrected chi connectivity index (χ4v) is 3.44. The molecule has 2 N–H and O–H groups in total. The fraction of sp³-hybridized carbons (Fsp3) is 0.346. The van der Waals surface area contributed by atoms with Crippen molar-refractivity contribution in [1.82, 2.24) is 19.9 Å². The maximum Gasteiger partial charge on any atom is 0.410 e. The SMILES string of the molecule is Cc1nc(-c2ccncc2)[nH]c(=O)c1CCC(=O)Nc1cccc(CN(C)C(=O)OC(C)(C)C)c1. The maximum atomic E-state index is 12.6. The number of aromatic amines is 1. The van der Waals surface area contributed by atoms with Gasteiger partial charge in [0.05, 0.1) is 0 Å². The molecule has 3 rings (SSSR count). The number of aryl methyl sites for hydroxylation is 1. The standard InChI is InChI=1S/C26H31N5O4/c1-17-21(24(33)30-23(28-17)19-11-13-27-14-12-19)9-10-22(32)29-20-8-6-7-18(15-20)16-31(5)25(34)35-26(2,3)4/h6-8,11-15H,9-10,16H2,1-5H3,(H,29,32)(H,28,30,33). The van der Waals surface area contributed by atoms with Crippen LogP contribution >= 0.6 is 0 Å². The van der Waals surface area contributed by atoms with E-state index in [1.54, 1.807) is 44.6 Å². The highest BCUT2D eigenvalue weighted by atomic mass is 16.6. The van der Waals surface area contributed by atoms with Gasteiger partial charge < -0.3 is 19.9 Å². The Kier molecular flexibility index (Phi) is 8.01. The van der Waals surface area contributed by atoms with Gasteiger partial charge in [-0.15, -0.1) is 0 Å². The summed E-state index contributed by atoms with van der Waals surface area (Å²) in [7, 11) is 1.66. The van der Waals surface area contributed by atoms with Crippen LogP contribution in [0.5, 0.6) is 0 Å². The molecule has 9 heteroatoms. The molecule has 2 heterocycles. The van der Waals surface area contributed by atoms with E-state index in [1.807, 2.05) is 39.0 Å². The lowest BCUT2D eigenvalue weighted by Gasteiger charge is -2.24. The van der Waals surface area contributed by atoms with E-state index in [0.29, 0.717) is 29.3 Å². The number of amides is 2.